The second-order valence-corrected chi connectivity index (χ2v) is 5.27. The third kappa shape index (κ3) is 2.18. The number of H-pyrrole nitrogens is 1. The predicted molar refractivity (Wildman–Crippen MR) is 67.6 cm³/mol. The lowest BCUT2D eigenvalue weighted by Gasteiger charge is -2.01. The fourth-order valence-electron chi connectivity index (χ4n) is 1.51. The Morgan fingerprint density at radius 2 is 2.41 bits per heavy atom. The van der Waals surface area contributed by atoms with Crippen molar-refractivity contribution < 1.29 is 14.6 Å². The van der Waals surface area contributed by atoms with E-state index in [0.717, 1.165) is 9.04 Å². The summed E-state index contributed by atoms with van der Waals surface area (Å²) in [7, 11) is 0. The number of hydrogen-bond donors (Lipinski definition) is 2. The van der Waals surface area contributed by atoms with E-state index in [-0.39, 0.29) is 6.61 Å². The Bertz CT molecular complexity index is 547. The van der Waals surface area contributed by atoms with Crippen LogP contribution < -0.4 is 0 Å². The van der Waals surface area contributed by atoms with E-state index in [1.807, 2.05) is 6.26 Å². The highest BCUT2D eigenvalue weighted by molar-refractivity contribution is 8.00. The van der Waals surface area contributed by atoms with Crippen molar-refractivity contribution in [1.29, 1.82) is 0 Å². The number of hydrogen-bond acceptors (Lipinski definition) is 6. The van der Waals surface area contributed by atoms with E-state index in [4.69, 9.17) is 4.74 Å². The van der Waals surface area contributed by atoms with Crippen molar-refractivity contribution in [3.8, 4) is 0 Å². The highest BCUT2D eigenvalue weighted by Gasteiger charge is 2.21. The number of aromatic nitrogens is 2. The fraction of sp³-hybridized carbons (Fsp3) is 0.400. The number of rotatable bonds is 4. The Morgan fingerprint density at radius 3 is 3.00 bits per heavy atom. The first-order valence-electron chi connectivity index (χ1n) is 5.04. The van der Waals surface area contributed by atoms with Gasteiger partial charge in [0.1, 0.15) is 5.69 Å². The zero-order chi connectivity index (χ0) is 12.4. The monoisotopic (exact) mass is 272 g/mol. The lowest BCUT2D eigenvalue weighted by molar-refractivity contribution is 0.0517. The number of thiazole rings is 1. The van der Waals surface area contributed by atoms with Gasteiger partial charge in [-0.3, -0.25) is 0 Å². The van der Waals surface area contributed by atoms with Gasteiger partial charge in [-0.05, 0) is 13.2 Å². The lowest BCUT2D eigenvalue weighted by atomic mass is 10.2. The first-order valence-corrected chi connectivity index (χ1v) is 7.08. The minimum absolute atomic E-state index is 0.204. The van der Waals surface area contributed by atoms with Gasteiger partial charge >= 0.3 is 5.97 Å². The van der Waals surface area contributed by atoms with Crippen molar-refractivity contribution in [3.05, 3.63) is 11.3 Å². The molecule has 0 spiro atoms. The minimum atomic E-state index is -0.451. The molecular weight excluding hydrogens is 260 g/mol. The molecule has 0 aliphatic heterocycles. The fourth-order valence-corrected chi connectivity index (χ4v) is 3.07. The molecule has 0 aliphatic carbocycles. The first-order chi connectivity index (χ1) is 8.21. The van der Waals surface area contributed by atoms with Crippen molar-refractivity contribution >= 4 is 39.4 Å². The molecule has 0 unspecified atom stereocenters. The van der Waals surface area contributed by atoms with Gasteiger partial charge < -0.3 is 14.8 Å². The Kier molecular flexibility index (Phi) is 3.70. The molecule has 92 valence electrons. The van der Waals surface area contributed by atoms with Crippen LogP contribution in [-0.2, 0) is 11.3 Å². The van der Waals surface area contributed by atoms with Gasteiger partial charge in [-0.2, -0.15) is 0 Å². The number of esters is 1. The average Bonchev–Trinajstić information content (AvgIpc) is 2.85. The number of nitrogens with one attached hydrogen (secondary N) is 1. The molecule has 2 aromatic heterocycles. The summed E-state index contributed by atoms with van der Waals surface area (Å²) in [6.07, 6.45) is 1.93. The van der Waals surface area contributed by atoms with E-state index in [0.29, 0.717) is 23.5 Å². The maximum Gasteiger partial charge on any atom is 0.355 e. The standard InChI is InChI=1S/C10H12N2O3S2/c1-3-15-9(14)6-5(4-13)7-8(11-6)12-10(16-2)17-7/h11,13H,3-4H2,1-2H3. The molecule has 2 heterocycles. The number of aromatic amines is 1. The SMILES string of the molecule is CCOC(=O)c1[nH]c2nc(SC)sc2c1CO. The number of aliphatic hydroxyl groups is 1. The lowest BCUT2D eigenvalue weighted by Crippen LogP contribution is -2.07. The topological polar surface area (TPSA) is 75.2 Å². The Labute approximate surface area is 106 Å². The summed E-state index contributed by atoms with van der Waals surface area (Å²) in [6, 6.07) is 0. The van der Waals surface area contributed by atoms with Crippen LogP contribution in [0.5, 0.6) is 0 Å². The van der Waals surface area contributed by atoms with Gasteiger partial charge in [-0.15, -0.1) is 11.3 Å². The molecule has 0 saturated heterocycles. The Morgan fingerprint density at radius 1 is 1.65 bits per heavy atom. The molecule has 0 aliphatic rings. The normalized spacial score (nSPS) is 11.0. The number of aliphatic hydroxyl groups excluding tert-OH is 1. The first kappa shape index (κ1) is 12.4. The van der Waals surface area contributed by atoms with Crippen molar-refractivity contribution in [1.82, 2.24) is 9.97 Å². The molecular formula is C10H12N2O3S2. The van der Waals surface area contributed by atoms with Crippen LogP contribution in [0, 0.1) is 0 Å². The highest BCUT2D eigenvalue weighted by Crippen LogP contribution is 2.32. The molecule has 0 bridgehead atoms. The maximum absolute atomic E-state index is 11.7. The van der Waals surface area contributed by atoms with Crippen molar-refractivity contribution in [2.75, 3.05) is 12.9 Å². The molecule has 7 heteroatoms. The predicted octanol–water partition coefficient (Wildman–Crippen LogP) is 2.02. The smallest absolute Gasteiger partial charge is 0.355 e. The van der Waals surface area contributed by atoms with Crippen LogP contribution in [0.3, 0.4) is 0 Å². The van der Waals surface area contributed by atoms with E-state index in [2.05, 4.69) is 9.97 Å². The van der Waals surface area contributed by atoms with Gasteiger partial charge in [0.15, 0.2) is 9.99 Å². The van der Waals surface area contributed by atoms with Crippen molar-refractivity contribution in [2.45, 2.75) is 17.9 Å². The Balaban J connectivity index is 2.50. The summed E-state index contributed by atoms with van der Waals surface area (Å²) in [5.41, 5.74) is 1.50. The second kappa shape index (κ2) is 5.07. The molecule has 2 aromatic rings. The Hall–Kier alpha value is -1.05. The van der Waals surface area contributed by atoms with Gasteiger partial charge in [-0.25, -0.2) is 9.78 Å². The van der Waals surface area contributed by atoms with Crippen LogP contribution >= 0.6 is 23.1 Å². The third-order valence-electron chi connectivity index (χ3n) is 2.24. The van der Waals surface area contributed by atoms with Crippen LogP contribution in [0.15, 0.2) is 4.34 Å². The van der Waals surface area contributed by atoms with Crippen LogP contribution in [0.25, 0.3) is 10.3 Å². The van der Waals surface area contributed by atoms with E-state index < -0.39 is 5.97 Å². The van der Waals surface area contributed by atoms with Crippen LogP contribution in [0.1, 0.15) is 23.0 Å². The van der Waals surface area contributed by atoms with Gasteiger partial charge in [0.2, 0.25) is 0 Å². The minimum Gasteiger partial charge on any atom is -0.461 e. The molecule has 0 saturated carbocycles. The van der Waals surface area contributed by atoms with Gasteiger partial charge in [0, 0.05) is 5.56 Å². The zero-order valence-electron chi connectivity index (χ0n) is 9.44. The number of ether oxygens (including phenoxy) is 1. The highest BCUT2D eigenvalue weighted by atomic mass is 32.2. The molecule has 17 heavy (non-hydrogen) atoms. The van der Waals surface area contributed by atoms with Crippen LogP contribution in [0.2, 0.25) is 0 Å². The van der Waals surface area contributed by atoms with Crippen LogP contribution in [-0.4, -0.2) is 33.9 Å². The number of nitrogens with zero attached hydrogens (tertiary/aromatic N) is 1. The molecule has 0 fully saturated rings. The summed E-state index contributed by atoms with van der Waals surface area (Å²) in [6.45, 7) is 1.84. The van der Waals surface area contributed by atoms with Gasteiger partial charge in [-0.1, -0.05) is 11.8 Å². The average molecular weight is 272 g/mol. The number of carbonyl (C=O) groups excluding carboxylic acids is 1. The maximum atomic E-state index is 11.7. The summed E-state index contributed by atoms with van der Waals surface area (Å²) < 4.78 is 6.64. The van der Waals surface area contributed by atoms with Gasteiger partial charge in [0.05, 0.1) is 17.9 Å². The molecule has 0 radical (unpaired) electrons. The molecule has 5 nitrogen and oxygen atoms in total. The number of fused-ring (bicyclic) bond motifs is 1. The van der Waals surface area contributed by atoms with E-state index >= 15 is 0 Å². The second-order valence-electron chi connectivity index (χ2n) is 3.22. The van der Waals surface area contributed by atoms with E-state index in [1.165, 1.54) is 23.1 Å². The third-order valence-corrected chi connectivity index (χ3v) is 4.34. The van der Waals surface area contributed by atoms with Crippen molar-refractivity contribution in [2.24, 2.45) is 0 Å². The van der Waals surface area contributed by atoms with E-state index in [1.54, 1.807) is 6.92 Å². The zero-order valence-corrected chi connectivity index (χ0v) is 11.1. The molecule has 0 amide bonds. The molecule has 0 atom stereocenters. The van der Waals surface area contributed by atoms with Crippen LogP contribution in [0.4, 0.5) is 0 Å². The molecule has 0 aromatic carbocycles. The van der Waals surface area contributed by atoms with Crippen molar-refractivity contribution in [3.63, 3.8) is 0 Å². The molecule has 2 N–H and O–H groups in total. The number of thioether (sulfide) groups is 1. The summed E-state index contributed by atoms with van der Waals surface area (Å²) in [5.74, 6) is -0.451. The summed E-state index contributed by atoms with van der Waals surface area (Å²) >= 11 is 2.99. The largest absolute Gasteiger partial charge is 0.461 e. The summed E-state index contributed by atoms with van der Waals surface area (Å²) in [5, 5.41) is 9.35. The van der Waals surface area contributed by atoms with E-state index in [9.17, 15) is 9.90 Å². The quantitative estimate of drug-likeness (QED) is 0.658. The summed E-state index contributed by atoms with van der Waals surface area (Å²) in [4.78, 5) is 18.9. The van der Waals surface area contributed by atoms with Gasteiger partial charge in [0.25, 0.3) is 0 Å². The molecule has 2 rings (SSSR count). The number of carbonyl (C=O) groups is 1.